The number of benzene rings is 2. The Morgan fingerprint density at radius 3 is 2.86 bits per heavy atom. The van der Waals surface area contributed by atoms with E-state index in [1.54, 1.807) is 12.1 Å². The van der Waals surface area contributed by atoms with Crippen LogP contribution in [0.4, 0.5) is 33.2 Å². The van der Waals surface area contributed by atoms with Crippen LogP contribution < -0.4 is 26.4 Å². The maximum Gasteiger partial charge on any atom is 0.254 e. The maximum atomic E-state index is 13.5. The molecule has 0 spiro atoms. The van der Waals surface area contributed by atoms with Gasteiger partial charge in [0.25, 0.3) is 5.91 Å². The van der Waals surface area contributed by atoms with Gasteiger partial charge in [-0.05, 0) is 42.8 Å². The fourth-order valence-corrected chi connectivity index (χ4v) is 2.90. The lowest BCUT2D eigenvalue weighted by molar-refractivity contribution is 0.100. The van der Waals surface area contributed by atoms with Crippen LogP contribution in [0.5, 0.6) is 5.75 Å². The number of amides is 1. The minimum atomic E-state index is -0.693. The van der Waals surface area contributed by atoms with Crippen LogP contribution in [0, 0.1) is 5.82 Å². The number of hydrogen-bond acceptors (Lipinski definition) is 7. The maximum absolute atomic E-state index is 13.5. The molecule has 0 unspecified atom stereocenters. The van der Waals surface area contributed by atoms with E-state index in [2.05, 4.69) is 25.9 Å². The second-order valence-electron chi connectivity index (χ2n) is 6.42. The Labute approximate surface area is 166 Å². The van der Waals surface area contributed by atoms with Crippen molar-refractivity contribution in [1.82, 2.24) is 9.97 Å². The molecule has 0 fully saturated rings. The van der Waals surface area contributed by atoms with Crippen LogP contribution in [0.1, 0.15) is 16.8 Å². The molecule has 0 bridgehead atoms. The van der Waals surface area contributed by atoms with Crippen molar-refractivity contribution in [2.24, 2.45) is 5.73 Å². The van der Waals surface area contributed by atoms with E-state index in [-0.39, 0.29) is 17.3 Å². The zero-order valence-electron chi connectivity index (χ0n) is 15.4. The number of nitrogens with one attached hydrogen (secondary N) is 3. The quantitative estimate of drug-likeness (QED) is 0.524. The summed E-state index contributed by atoms with van der Waals surface area (Å²) >= 11 is 0. The van der Waals surface area contributed by atoms with Gasteiger partial charge in [0.05, 0.1) is 12.3 Å². The van der Waals surface area contributed by atoms with Crippen molar-refractivity contribution < 1.29 is 13.9 Å². The lowest BCUT2D eigenvalue weighted by atomic mass is 10.2. The molecule has 2 aromatic carbocycles. The second-order valence-corrected chi connectivity index (χ2v) is 6.42. The first-order valence-corrected chi connectivity index (χ1v) is 9.06. The molecule has 1 aliphatic heterocycles. The molecule has 0 saturated carbocycles. The molecule has 0 radical (unpaired) electrons. The number of rotatable bonds is 5. The molecule has 0 atom stereocenters. The average molecular weight is 394 g/mol. The Balaban J connectivity index is 1.61. The predicted molar refractivity (Wildman–Crippen MR) is 109 cm³/mol. The average Bonchev–Trinajstić information content (AvgIpc) is 2.93. The van der Waals surface area contributed by atoms with Gasteiger partial charge in [-0.3, -0.25) is 4.79 Å². The van der Waals surface area contributed by atoms with E-state index in [0.29, 0.717) is 12.3 Å². The predicted octanol–water partition coefficient (Wildman–Crippen LogP) is 3.40. The van der Waals surface area contributed by atoms with Crippen molar-refractivity contribution in [2.75, 3.05) is 29.1 Å². The summed E-state index contributed by atoms with van der Waals surface area (Å²) < 4.78 is 19.1. The summed E-state index contributed by atoms with van der Waals surface area (Å²) in [5.41, 5.74) is 7.56. The lowest BCUT2D eigenvalue weighted by Crippen LogP contribution is -2.15. The van der Waals surface area contributed by atoms with Crippen LogP contribution in [0.25, 0.3) is 0 Å². The smallest absolute Gasteiger partial charge is 0.254 e. The Morgan fingerprint density at radius 2 is 2.03 bits per heavy atom. The number of fused-ring (bicyclic) bond motifs is 1. The van der Waals surface area contributed by atoms with Crippen molar-refractivity contribution in [3.8, 4) is 5.75 Å². The Bertz CT molecular complexity index is 1060. The number of carbonyl (C=O) groups is 1. The van der Waals surface area contributed by atoms with E-state index >= 15 is 0 Å². The van der Waals surface area contributed by atoms with Crippen LogP contribution in [0.3, 0.4) is 0 Å². The minimum absolute atomic E-state index is 0.0943. The number of halogens is 1. The molecule has 1 aliphatic rings. The monoisotopic (exact) mass is 394 g/mol. The summed E-state index contributed by atoms with van der Waals surface area (Å²) in [5.74, 6) is 0.108. The zero-order chi connectivity index (χ0) is 20.2. The fraction of sp³-hybridized carbons (Fsp3) is 0.150. The molecular formula is C20H19FN6O2. The van der Waals surface area contributed by atoms with Gasteiger partial charge in [-0.15, -0.1) is 0 Å². The molecule has 29 heavy (non-hydrogen) atoms. The van der Waals surface area contributed by atoms with Crippen LogP contribution in [0.15, 0.2) is 48.7 Å². The van der Waals surface area contributed by atoms with Crippen molar-refractivity contribution >= 4 is 34.7 Å². The molecule has 0 aliphatic carbocycles. The topological polar surface area (TPSA) is 114 Å². The van der Waals surface area contributed by atoms with Crippen molar-refractivity contribution in [2.45, 2.75) is 6.42 Å². The summed E-state index contributed by atoms with van der Waals surface area (Å²) in [5, 5.41) is 9.32. The van der Waals surface area contributed by atoms with Crippen LogP contribution in [-0.2, 0) is 0 Å². The number of nitrogens with zero attached hydrogens (tertiary/aromatic N) is 2. The van der Waals surface area contributed by atoms with Gasteiger partial charge in [0.15, 0.2) is 0 Å². The van der Waals surface area contributed by atoms with E-state index in [1.165, 1.54) is 18.3 Å². The fourth-order valence-electron chi connectivity index (χ4n) is 2.90. The Hall–Kier alpha value is -3.88. The van der Waals surface area contributed by atoms with Gasteiger partial charge in [0.2, 0.25) is 5.95 Å². The number of anilines is 5. The molecule has 8 nitrogen and oxygen atoms in total. The summed E-state index contributed by atoms with van der Waals surface area (Å²) in [6.07, 6.45) is 2.24. The van der Waals surface area contributed by atoms with E-state index < -0.39 is 11.7 Å². The molecular weight excluding hydrogens is 375 g/mol. The highest BCUT2D eigenvalue weighted by Gasteiger charge is 2.14. The first kappa shape index (κ1) is 18.5. The van der Waals surface area contributed by atoms with Crippen molar-refractivity contribution in [1.29, 1.82) is 0 Å². The lowest BCUT2D eigenvalue weighted by Gasteiger charge is -2.13. The number of primary amides is 1. The van der Waals surface area contributed by atoms with Gasteiger partial charge in [0.1, 0.15) is 22.9 Å². The number of aromatic nitrogens is 2. The van der Waals surface area contributed by atoms with Gasteiger partial charge in [-0.25, -0.2) is 9.37 Å². The molecule has 0 saturated heterocycles. The third-order valence-corrected chi connectivity index (χ3v) is 4.27. The molecule has 4 rings (SSSR count). The van der Waals surface area contributed by atoms with Gasteiger partial charge in [0, 0.05) is 24.1 Å². The molecule has 1 amide bonds. The summed E-state index contributed by atoms with van der Waals surface area (Å²) in [6, 6.07) is 11.4. The highest BCUT2D eigenvalue weighted by Crippen LogP contribution is 2.31. The largest absolute Gasteiger partial charge is 0.491 e. The molecule has 148 valence electrons. The van der Waals surface area contributed by atoms with E-state index in [9.17, 15) is 9.18 Å². The molecule has 1 aromatic heterocycles. The van der Waals surface area contributed by atoms with Gasteiger partial charge in [-0.2, -0.15) is 4.98 Å². The van der Waals surface area contributed by atoms with E-state index in [4.69, 9.17) is 10.5 Å². The van der Waals surface area contributed by atoms with Gasteiger partial charge in [-0.1, -0.05) is 6.07 Å². The van der Waals surface area contributed by atoms with Crippen LogP contribution in [-0.4, -0.2) is 29.0 Å². The Kier molecular flexibility index (Phi) is 5.10. The molecule has 9 heteroatoms. The highest BCUT2D eigenvalue weighted by molar-refractivity contribution is 5.98. The molecule has 3 aromatic rings. The number of carbonyl (C=O) groups excluding carboxylic acids is 1. The first-order chi connectivity index (χ1) is 14.1. The summed E-state index contributed by atoms with van der Waals surface area (Å²) in [7, 11) is 0. The standard InChI is InChI=1S/C20H19FN6O2/c21-12-3-1-4-13(9-12)25-19-15(18(22)28)11-24-20(27-19)26-14-5-6-17-16(10-14)23-7-2-8-29-17/h1,3-6,9-11,23H,2,7-8H2,(H2,22,28)(H2,24,25,26,27). The summed E-state index contributed by atoms with van der Waals surface area (Å²) in [4.78, 5) is 20.2. The second kappa shape index (κ2) is 8.01. The number of hydrogen-bond donors (Lipinski definition) is 4. The van der Waals surface area contributed by atoms with Crippen LogP contribution in [0.2, 0.25) is 0 Å². The summed E-state index contributed by atoms with van der Waals surface area (Å²) in [6.45, 7) is 1.49. The molecule has 2 heterocycles. The SMILES string of the molecule is NC(=O)c1cnc(Nc2ccc3c(c2)NCCCO3)nc1Nc1cccc(F)c1. The number of nitrogens with two attached hydrogens (primary N) is 1. The normalized spacial score (nSPS) is 12.7. The third-order valence-electron chi connectivity index (χ3n) is 4.27. The van der Waals surface area contributed by atoms with E-state index in [0.717, 1.165) is 30.1 Å². The zero-order valence-corrected chi connectivity index (χ0v) is 15.4. The minimum Gasteiger partial charge on any atom is -0.491 e. The molecule has 5 N–H and O–H groups in total. The third kappa shape index (κ3) is 4.34. The van der Waals surface area contributed by atoms with Gasteiger partial charge < -0.3 is 26.4 Å². The highest BCUT2D eigenvalue weighted by atomic mass is 19.1. The van der Waals surface area contributed by atoms with Crippen molar-refractivity contribution in [3.05, 3.63) is 60.0 Å². The van der Waals surface area contributed by atoms with E-state index in [1.807, 2.05) is 18.2 Å². The van der Waals surface area contributed by atoms with Crippen LogP contribution >= 0.6 is 0 Å². The van der Waals surface area contributed by atoms with Crippen molar-refractivity contribution in [3.63, 3.8) is 0 Å². The van der Waals surface area contributed by atoms with Gasteiger partial charge >= 0.3 is 0 Å². The Morgan fingerprint density at radius 1 is 1.17 bits per heavy atom. The first-order valence-electron chi connectivity index (χ1n) is 9.06. The number of ether oxygens (including phenoxy) is 1.